The Hall–Kier alpha value is -0.900. The van der Waals surface area contributed by atoms with Crippen molar-refractivity contribution >= 4 is 11.6 Å². The summed E-state index contributed by atoms with van der Waals surface area (Å²) in [5.41, 5.74) is -0.337. The van der Waals surface area contributed by atoms with Crippen molar-refractivity contribution in [1.82, 2.24) is 4.98 Å². The SMILES string of the molecule is COc1cc(C(F)F)ncc1Cl. The molecule has 0 radical (unpaired) electrons. The zero-order chi connectivity index (χ0) is 9.14. The Balaban J connectivity index is 3.05. The number of alkyl halides is 2. The smallest absolute Gasteiger partial charge is 0.280 e. The molecule has 0 aliphatic heterocycles. The highest BCUT2D eigenvalue weighted by Gasteiger charge is 2.11. The molecule has 1 rings (SSSR count). The lowest BCUT2D eigenvalue weighted by atomic mass is 10.3. The van der Waals surface area contributed by atoms with Gasteiger partial charge in [-0.2, -0.15) is 0 Å². The second-order valence-electron chi connectivity index (χ2n) is 2.04. The van der Waals surface area contributed by atoms with E-state index < -0.39 is 6.43 Å². The quantitative estimate of drug-likeness (QED) is 0.721. The zero-order valence-corrected chi connectivity index (χ0v) is 6.98. The fourth-order valence-electron chi connectivity index (χ4n) is 0.711. The van der Waals surface area contributed by atoms with Crippen LogP contribution in [-0.4, -0.2) is 12.1 Å². The van der Waals surface area contributed by atoms with Crippen LogP contribution in [-0.2, 0) is 0 Å². The van der Waals surface area contributed by atoms with Crippen LogP contribution in [0.15, 0.2) is 12.3 Å². The molecule has 66 valence electrons. The van der Waals surface area contributed by atoms with E-state index in [9.17, 15) is 8.78 Å². The molecule has 0 unspecified atom stereocenters. The van der Waals surface area contributed by atoms with E-state index in [1.165, 1.54) is 7.11 Å². The first-order chi connectivity index (χ1) is 5.65. The summed E-state index contributed by atoms with van der Waals surface area (Å²) in [5, 5.41) is 0.224. The van der Waals surface area contributed by atoms with Gasteiger partial charge in [-0.3, -0.25) is 4.98 Å². The normalized spacial score (nSPS) is 10.4. The molecule has 2 nitrogen and oxygen atoms in total. The van der Waals surface area contributed by atoms with Gasteiger partial charge in [0.15, 0.2) is 0 Å². The van der Waals surface area contributed by atoms with Gasteiger partial charge < -0.3 is 4.74 Å². The fraction of sp³-hybridized carbons (Fsp3) is 0.286. The molecule has 0 aliphatic rings. The third-order valence-corrected chi connectivity index (χ3v) is 1.57. The minimum absolute atomic E-state index is 0.210. The minimum atomic E-state index is -2.60. The van der Waals surface area contributed by atoms with E-state index in [2.05, 4.69) is 4.98 Å². The molecule has 0 aliphatic carbocycles. The van der Waals surface area contributed by atoms with Crippen LogP contribution in [0, 0.1) is 0 Å². The third kappa shape index (κ3) is 1.82. The number of aromatic nitrogens is 1. The molecule has 0 spiro atoms. The topological polar surface area (TPSA) is 22.1 Å². The van der Waals surface area contributed by atoms with Gasteiger partial charge in [0.1, 0.15) is 16.5 Å². The number of hydrogen-bond donors (Lipinski definition) is 0. The third-order valence-electron chi connectivity index (χ3n) is 1.28. The Morgan fingerprint density at radius 1 is 1.58 bits per heavy atom. The lowest BCUT2D eigenvalue weighted by Gasteiger charge is -2.04. The molecule has 12 heavy (non-hydrogen) atoms. The predicted octanol–water partition coefficient (Wildman–Crippen LogP) is 2.68. The molecule has 1 heterocycles. The summed E-state index contributed by atoms with van der Waals surface area (Å²) >= 11 is 5.57. The molecule has 0 bridgehead atoms. The number of hydrogen-bond acceptors (Lipinski definition) is 2. The maximum absolute atomic E-state index is 12.1. The monoisotopic (exact) mass is 193 g/mol. The first-order valence-corrected chi connectivity index (χ1v) is 3.50. The van der Waals surface area contributed by atoms with Crippen LogP contribution in [0.4, 0.5) is 8.78 Å². The number of nitrogens with zero attached hydrogens (tertiary/aromatic N) is 1. The Morgan fingerprint density at radius 3 is 2.75 bits per heavy atom. The van der Waals surface area contributed by atoms with Gasteiger partial charge in [-0.25, -0.2) is 8.78 Å². The zero-order valence-electron chi connectivity index (χ0n) is 6.22. The van der Waals surface area contributed by atoms with Crippen molar-refractivity contribution in [2.45, 2.75) is 6.43 Å². The summed E-state index contributed by atoms with van der Waals surface area (Å²) in [7, 11) is 1.36. The summed E-state index contributed by atoms with van der Waals surface area (Å²) in [6.45, 7) is 0. The van der Waals surface area contributed by atoms with E-state index in [0.717, 1.165) is 12.3 Å². The van der Waals surface area contributed by atoms with Crippen molar-refractivity contribution in [2.24, 2.45) is 0 Å². The van der Waals surface area contributed by atoms with Gasteiger partial charge in [0.25, 0.3) is 6.43 Å². The summed E-state index contributed by atoms with van der Waals surface area (Å²) in [4.78, 5) is 3.42. The van der Waals surface area contributed by atoms with Crippen LogP contribution in [0.25, 0.3) is 0 Å². The maximum Gasteiger partial charge on any atom is 0.280 e. The summed E-state index contributed by atoms with van der Waals surface area (Å²) in [5.74, 6) is 0.210. The molecule has 5 heteroatoms. The average molecular weight is 194 g/mol. The number of methoxy groups -OCH3 is 1. The second-order valence-corrected chi connectivity index (χ2v) is 2.45. The van der Waals surface area contributed by atoms with E-state index in [4.69, 9.17) is 16.3 Å². The van der Waals surface area contributed by atoms with Crippen LogP contribution in [0.2, 0.25) is 5.02 Å². The number of halogens is 3. The highest BCUT2D eigenvalue weighted by Crippen LogP contribution is 2.27. The average Bonchev–Trinajstić information content (AvgIpc) is 2.05. The van der Waals surface area contributed by atoms with E-state index >= 15 is 0 Å². The van der Waals surface area contributed by atoms with Crippen LogP contribution < -0.4 is 4.74 Å². The molecule has 1 aromatic heterocycles. The number of pyridine rings is 1. The molecule has 0 saturated carbocycles. The van der Waals surface area contributed by atoms with Crippen molar-refractivity contribution in [2.75, 3.05) is 7.11 Å². The van der Waals surface area contributed by atoms with E-state index in [1.54, 1.807) is 0 Å². The fourth-order valence-corrected chi connectivity index (χ4v) is 0.892. The van der Waals surface area contributed by atoms with E-state index in [0.29, 0.717) is 0 Å². The molecule has 0 fully saturated rings. The number of ether oxygens (including phenoxy) is 1. The molecule has 1 aromatic rings. The molecular weight excluding hydrogens is 188 g/mol. The van der Waals surface area contributed by atoms with Crippen molar-refractivity contribution < 1.29 is 13.5 Å². The Kier molecular flexibility index (Phi) is 2.81. The highest BCUT2D eigenvalue weighted by molar-refractivity contribution is 6.31. The first kappa shape index (κ1) is 9.19. The summed E-state index contributed by atoms with van der Waals surface area (Å²) in [6.07, 6.45) is -1.46. The molecule has 0 N–H and O–H groups in total. The van der Waals surface area contributed by atoms with Gasteiger partial charge in [-0.1, -0.05) is 11.6 Å². The first-order valence-electron chi connectivity index (χ1n) is 3.12. The maximum atomic E-state index is 12.1. The second kappa shape index (κ2) is 3.67. The van der Waals surface area contributed by atoms with E-state index in [1.807, 2.05) is 0 Å². The predicted molar refractivity (Wildman–Crippen MR) is 40.8 cm³/mol. The van der Waals surface area contributed by atoms with Gasteiger partial charge in [0.2, 0.25) is 0 Å². The molecule has 0 saturated heterocycles. The van der Waals surface area contributed by atoms with Gasteiger partial charge in [0.05, 0.1) is 7.11 Å². The molecular formula is C7H6ClF2NO. The standard InChI is InChI=1S/C7H6ClF2NO/c1-12-6-2-5(7(9)10)11-3-4(6)8/h2-3,7H,1H3. The summed E-state index contributed by atoms with van der Waals surface area (Å²) in [6, 6.07) is 1.12. The Bertz CT molecular complexity index is 280. The van der Waals surface area contributed by atoms with Crippen LogP contribution >= 0.6 is 11.6 Å². The Morgan fingerprint density at radius 2 is 2.25 bits per heavy atom. The highest BCUT2D eigenvalue weighted by atomic mass is 35.5. The van der Waals surface area contributed by atoms with Crippen LogP contribution in [0.1, 0.15) is 12.1 Å². The van der Waals surface area contributed by atoms with Crippen molar-refractivity contribution in [3.05, 3.63) is 23.0 Å². The van der Waals surface area contributed by atoms with Crippen LogP contribution in [0.3, 0.4) is 0 Å². The van der Waals surface area contributed by atoms with E-state index in [-0.39, 0.29) is 16.5 Å². The van der Waals surface area contributed by atoms with Gasteiger partial charge >= 0.3 is 0 Å². The van der Waals surface area contributed by atoms with Crippen LogP contribution in [0.5, 0.6) is 5.75 Å². The van der Waals surface area contributed by atoms with Crippen molar-refractivity contribution in [3.63, 3.8) is 0 Å². The molecule has 0 aromatic carbocycles. The largest absolute Gasteiger partial charge is 0.495 e. The van der Waals surface area contributed by atoms with Gasteiger partial charge in [-0.05, 0) is 0 Å². The van der Waals surface area contributed by atoms with Crippen molar-refractivity contribution in [3.8, 4) is 5.75 Å². The molecule has 0 amide bonds. The lowest BCUT2D eigenvalue weighted by molar-refractivity contribution is 0.145. The Labute approximate surface area is 73.1 Å². The van der Waals surface area contributed by atoms with Crippen molar-refractivity contribution in [1.29, 1.82) is 0 Å². The minimum Gasteiger partial charge on any atom is -0.495 e. The van der Waals surface area contributed by atoms with Gasteiger partial charge in [-0.15, -0.1) is 0 Å². The summed E-state index contributed by atoms with van der Waals surface area (Å²) < 4.78 is 28.8. The molecule has 0 atom stereocenters. The number of rotatable bonds is 2. The van der Waals surface area contributed by atoms with Gasteiger partial charge in [0, 0.05) is 12.3 Å². The lowest BCUT2D eigenvalue weighted by Crippen LogP contribution is -1.92.